The Balaban J connectivity index is 1.40. The van der Waals surface area contributed by atoms with Crippen LogP contribution in [0.2, 0.25) is 5.02 Å². The molecule has 3 rings (SSSR count). The molecule has 9 nitrogen and oxygen atoms in total. The minimum absolute atomic E-state index is 0.191. The van der Waals surface area contributed by atoms with Gasteiger partial charge in [0.25, 0.3) is 5.91 Å². The van der Waals surface area contributed by atoms with Gasteiger partial charge in [-0.3, -0.25) is 19.4 Å². The van der Waals surface area contributed by atoms with Gasteiger partial charge in [-0.05, 0) is 59.7 Å². The number of hydrazone groups is 1. The van der Waals surface area contributed by atoms with Crippen LogP contribution in [0.25, 0.3) is 0 Å². The molecule has 0 unspecified atom stereocenters. The van der Waals surface area contributed by atoms with Crippen molar-refractivity contribution in [2.24, 2.45) is 5.10 Å². The first-order chi connectivity index (χ1) is 16.0. The minimum Gasteiger partial charge on any atom is -0.484 e. The molecule has 0 aliphatic rings. The molecule has 10 heteroatoms. The summed E-state index contributed by atoms with van der Waals surface area (Å²) in [6, 6.07) is 17.0. The van der Waals surface area contributed by atoms with Crippen LogP contribution in [-0.4, -0.2) is 35.5 Å². The Morgan fingerprint density at radius 3 is 2.42 bits per heavy atom. The first-order valence-electron chi connectivity index (χ1n) is 9.78. The molecular formula is C23H20ClN5O4. The molecule has 33 heavy (non-hydrogen) atoms. The average Bonchev–Trinajstić information content (AvgIpc) is 2.84. The third-order valence-electron chi connectivity index (χ3n) is 4.19. The summed E-state index contributed by atoms with van der Waals surface area (Å²) < 4.78 is 5.45. The van der Waals surface area contributed by atoms with Crippen LogP contribution in [0.15, 0.2) is 78.2 Å². The van der Waals surface area contributed by atoms with E-state index >= 15 is 0 Å². The minimum atomic E-state index is -0.884. The highest BCUT2D eigenvalue weighted by Crippen LogP contribution is 2.20. The number of hydrogen-bond acceptors (Lipinski definition) is 6. The first kappa shape index (κ1) is 23.4. The normalized spacial score (nSPS) is 10.5. The number of nitrogens with one attached hydrogen (secondary N) is 3. The molecule has 1 heterocycles. The first-order valence-corrected chi connectivity index (χ1v) is 10.2. The molecule has 168 valence electrons. The number of anilines is 1. The van der Waals surface area contributed by atoms with Crippen molar-refractivity contribution in [1.29, 1.82) is 0 Å². The van der Waals surface area contributed by atoms with Gasteiger partial charge in [0.1, 0.15) is 5.75 Å². The summed E-state index contributed by atoms with van der Waals surface area (Å²) in [6.07, 6.45) is 4.57. The highest BCUT2D eigenvalue weighted by atomic mass is 35.5. The predicted molar refractivity (Wildman–Crippen MR) is 124 cm³/mol. The van der Waals surface area contributed by atoms with Gasteiger partial charge in [-0.15, -0.1) is 0 Å². The number of nitrogens with zero attached hydrogens (tertiary/aromatic N) is 2. The van der Waals surface area contributed by atoms with Crippen molar-refractivity contribution in [2.45, 2.75) is 6.54 Å². The van der Waals surface area contributed by atoms with Crippen LogP contribution in [0, 0.1) is 0 Å². The van der Waals surface area contributed by atoms with Crippen molar-refractivity contribution in [2.75, 3.05) is 11.9 Å². The van der Waals surface area contributed by atoms with Crippen molar-refractivity contribution in [3.63, 3.8) is 0 Å². The van der Waals surface area contributed by atoms with Gasteiger partial charge in [0.05, 0.1) is 16.9 Å². The number of carbonyl (C=O) groups is 3. The number of benzene rings is 2. The average molecular weight is 466 g/mol. The summed E-state index contributed by atoms with van der Waals surface area (Å²) in [5.74, 6) is -1.56. The Hall–Kier alpha value is -4.24. The van der Waals surface area contributed by atoms with E-state index < -0.39 is 11.8 Å². The molecule has 3 amide bonds. The predicted octanol–water partition coefficient (Wildman–Crippen LogP) is 2.52. The zero-order valence-corrected chi connectivity index (χ0v) is 18.1. The maximum Gasteiger partial charge on any atom is 0.329 e. The summed E-state index contributed by atoms with van der Waals surface area (Å²) in [7, 11) is 0. The van der Waals surface area contributed by atoms with Gasteiger partial charge < -0.3 is 15.4 Å². The SMILES string of the molecule is O=C(COc1ccc(/C=N\NC(=O)C(=O)NCc2ccncc2)cc1)Nc1ccccc1Cl. The number of pyridine rings is 1. The molecule has 3 N–H and O–H groups in total. The lowest BCUT2D eigenvalue weighted by atomic mass is 10.2. The molecule has 0 saturated carbocycles. The zero-order chi connectivity index (χ0) is 23.5. The fourth-order valence-corrected chi connectivity index (χ4v) is 2.71. The topological polar surface area (TPSA) is 122 Å². The number of ether oxygens (including phenoxy) is 1. The molecule has 0 bridgehead atoms. The largest absolute Gasteiger partial charge is 0.484 e. The number of rotatable bonds is 8. The molecule has 0 spiro atoms. The van der Waals surface area contributed by atoms with E-state index in [9.17, 15) is 14.4 Å². The van der Waals surface area contributed by atoms with E-state index in [0.29, 0.717) is 22.0 Å². The smallest absolute Gasteiger partial charge is 0.329 e. The third kappa shape index (κ3) is 7.75. The van der Waals surface area contributed by atoms with Crippen molar-refractivity contribution >= 4 is 41.2 Å². The number of para-hydroxylation sites is 1. The highest BCUT2D eigenvalue weighted by Gasteiger charge is 2.11. The Morgan fingerprint density at radius 2 is 1.70 bits per heavy atom. The Morgan fingerprint density at radius 1 is 0.970 bits per heavy atom. The van der Waals surface area contributed by atoms with Crippen LogP contribution in [-0.2, 0) is 20.9 Å². The van der Waals surface area contributed by atoms with Gasteiger partial charge in [0, 0.05) is 18.9 Å². The highest BCUT2D eigenvalue weighted by molar-refractivity contribution is 6.35. The van der Waals surface area contributed by atoms with Crippen LogP contribution >= 0.6 is 11.6 Å². The molecule has 0 saturated heterocycles. The third-order valence-corrected chi connectivity index (χ3v) is 4.52. The van der Waals surface area contributed by atoms with Gasteiger partial charge in [-0.25, -0.2) is 5.43 Å². The van der Waals surface area contributed by atoms with E-state index in [-0.39, 0.29) is 19.1 Å². The van der Waals surface area contributed by atoms with Crippen LogP contribution < -0.4 is 20.8 Å². The van der Waals surface area contributed by atoms with E-state index in [0.717, 1.165) is 5.56 Å². The summed E-state index contributed by atoms with van der Waals surface area (Å²) in [4.78, 5) is 39.5. The van der Waals surface area contributed by atoms with Gasteiger partial charge in [-0.1, -0.05) is 23.7 Å². The number of aromatic nitrogens is 1. The molecular weight excluding hydrogens is 446 g/mol. The van der Waals surface area contributed by atoms with E-state index in [1.165, 1.54) is 6.21 Å². The molecule has 1 aromatic heterocycles. The summed E-state index contributed by atoms with van der Waals surface area (Å²) in [6.45, 7) is 0.0136. The number of halogens is 1. The number of carbonyl (C=O) groups excluding carboxylic acids is 3. The van der Waals surface area contributed by atoms with Gasteiger partial charge in [0.15, 0.2) is 6.61 Å². The Labute approximate surface area is 194 Å². The monoisotopic (exact) mass is 465 g/mol. The van der Waals surface area contributed by atoms with Crippen molar-refractivity contribution < 1.29 is 19.1 Å². The Kier molecular flexibility index (Phi) is 8.49. The van der Waals surface area contributed by atoms with Gasteiger partial charge in [0.2, 0.25) is 0 Å². The second-order valence-electron chi connectivity index (χ2n) is 6.62. The second-order valence-corrected chi connectivity index (χ2v) is 7.03. The lowest BCUT2D eigenvalue weighted by Crippen LogP contribution is -2.37. The Bertz CT molecular complexity index is 1140. The summed E-state index contributed by atoms with van der Waals surface area (Å²) >= 11 is 6.00. The van der Waals surface area contributed by atoms with Crippen LogP contribution in [0.3, 0.4) is 0 Å². The molecule has 0 radical (unpaired) electrons. The van der Waals surface area contributed by atoms with Crippen molar-refractivity contribution in [1.82, 2.24) is 15.7 Å². The van der Waals surface area contributed by atoms with E-state index in [1.807, 2.05) is 0 Å². The zero-order valence-electron chi connectivity index (χ0n) is 17.3. The fourth-order valence-electron chi connectivity index (χ4n) is 2.53. The maximum atomic E-state index is 12.0. The van der Waals surface area contributed by atoms with Gasteiger partial charge in [-0.2, -0.15) is 5.10 Å². The van der Waals surface area contributed by atoms with Crippen molar-refractivity contribution in [3.8, 4) is 5.75 Å². The molecule has 0 aliphatic carbocycles. The maximum absolute atomic E-state index is 12.0. The summed E-state index contributed by atoms with van der Waals surface area (Å²) in [5.41, 5.74) is 4.14. The van der Waals surface area contributed by atoms with Crippen LogP contribution in [0.1, 0.15) is 11.1 Å². The fraction of sp³-hybridized carbons (Fsp3) is 0.0870. The second kappa shape index (κ2) is 12.0. The molecule has 0 aliphatic heterocycles. The standard InChI is InChI=1S/C23H20ClN5O4/c24-19-3-1-2-4-20(19)28-21(30)15-33-18-7-5-16(6-8-18)14-27-29-23(32)22(31)26-13-17-9-11-25-12-10-17/h1-12,14H,13,15H2,(H,26,31)(H,28,30)(H,29,32)/b27-14-. The van der Waals surface area contributed by atoms with E-state index in [4.69, 9.17) is 16.3 Å². The van der Waals surface area contributed by atoms with Gasteiger partial charge >= 0.3 is 11.8 Å². The van der Waals surface area contributed by atoms with Crippen LogP contribution in [0.4, 0.5) is 5.69 Å². The number of amides is 3. The number of hydrogen-bond donors (Lipinski definition) is 3. The van der Waals surface area contributed by atoms with E-state index in [2.05, 4.69) is 26.1 Å². The molecule has 2 aromatic carbocycles. The van der Waals surface area contributed by atoms with Crippen LogP contribution in [0.5, 0.6) is 5.75 Å². The van der Waals surface area contributed by atoms with Crippen molar-refractivity contribution in [3.05, 3.63) is 89.2 Å². The quantitative estimate of drug-likeness (QED) is 0.268. The van der Waals surface area contributed by atoms with E-state index in [1.54, 1.807) is 73.1 Å². The molecule has 0 atom stereocenters. The lowest BCUT2D eigenvalue weighted by Gasteiger charge is -2.08. The lowest BCUT2D eigenvalue weighted by molar-refractivity contribution is -0.139. The molecule has 0 fully saturated rings. The summed E-state index contributed by atoms with van der Waals surface area (Å²) in [5, 5.41) is 9.35. The molecule has 3 aromatic rings.